The molecule has 4 aromatic rings. The van der Waals surface area contributed by atoms with E-state index in [4.69, 9.17) is 4.42 Å². The summed E-state index contributed by atoms with van der Waals surface area (Å²) in [5.41, 5.74) is 1.50. The average molecular weight is 376 g/mol. The third kappa shape index (κ3) is 3.28. The van der Waals surface area contributed by atoms with Gasteiger partial charge in [-0.25, -0.2) is 9.78 Å². The monoisotopic (exact) mass is 376 g/mol. The molecule has 0 saturated carbocycles. The van der Waals surface area contributed by atoms with Crippen LogP contribution in [-0.4, -0.2) is 31.6 Å². The number of hydrogen-bond acceptors (Lipinski definition) is 5. The summed E-state index contributed by atoms with van der Waals surface area (Å²) in [5, 5.41) is 4.78. The van der Waals surface area contributed by atoms with E-state index in [1.807, 2.05) is 6.07 Å². The molecule has 0 bridgehead atoms. The molecule has 0 aliphatic heterocycles. The zero-order chi connectivity index (χ0) is 19.0. The molecular formula is C17H11F3N4O3. The van der Waals surface area contributed by atoms with Crippen LogP contribution in [0, 0.1) is 0 Å². The van der Waals surface area contributed by atoms with Gasteiger partial charge in [-0.15, -0.1) is 0 Å². The van der Waals surface area contributed by atoms with Crippen LogP contribution in [0.1, 0.15) is 5.76 Å². The van der Waals surface area contributed by atoms with Crippen LogP contribution in [0.3, 0.4) is 0 Å². The number of nitrogens with zero attached hydrogens (tertiary/aromatic N) is 4. The molecule has 10 heteroatoms. The minimum atomic E-state index is -5.10. The van der Waals surface area contributed by atoms with E-state index >= 15 is 0 Å². The molecule has 7 nitrogen and oxygen atoms in total. The Hall–Kier alpha value is -3.56. The number of pyridine rings is 1. The standard InChI is InChI=1S/C17H11F3N4O3/c18-17(19,20)16(25)27-24-6-4-14-13(3-5-21-15(14)24)11-8-22-23(9-11)10-12-2-1-7-26-12/h1-9H,10H2. The Labute approximate surface area is 149 Å². The molecule has 4 rings (SSSR count). The van der Waals surface area contributed by atoms with Crippen LogP contribution in [0.2, 0.25) is 0 Å². The molecule has 27 heavy (non-hydrogen) atoms. The molecule has 0 unspecified atom stereocenters. The Morgan fingerprint density at radius 3 is 2.85 bits per heavy atom. The van der Waals surface area contributed by atoms with E-state index in [1.165, 1.54) is 18.5 Å². The highest BCUT2D eigenvalue weighted by Gasteiger charge is 2.42. The van der Waals surface area contributed by atoms with E-state index in [2.05, 4.69) is 14.9 Å². The SMILES string of the molecule is O=C(On1ccc2c(-c3cnn(Cc4ccco4)c3)ccnc21)C(F)(F)F. The van der Waals surface area contributed by atoms with Crippen molar-refractivity contribution in [2.24, 2.45) is 0 Å². The summed E-state index contributed by atoms with van der Waals surface area (Å²) >= 11 is 0. The topological polar surface area (TPSA) is 75.1 Å². The van der Waals surface area contributed by atoms with Gasteiger partial charge in [0, 0.05) is 29.5 Å². The lowest BCUT2D eigenvalue weighted by molar-refractivity contribution is -0.199. The van der Waals surface area contributed by atoms with E-state index in [9.17, 15) is 18.0 Å². The number of alkyl halides is 3. The Balaban J connectivity index is 1.65. The molecule has 138 valence electrons. The van der Waals surface area contributed by atoms with Crippen molar-refractivity contribution >= 4 is 17.0 Å². The number of fused-ring (bicyclic) bond motifs is 1. The lowest BCUT2D eigenvalue weighted by atomic mass is 10.1. The molecule has 4 aromatic heterocycles. The normalized spacial score (nSPS) is 11.8. The summed E-state index contributed by atoms with van der Waals surface area (Å²) in [6.45, 7) is 0.436. The number of carbonyl (C=O) groups excluding carboxylic acids is 1. The first-order valence-corrected chi connectivity index (χ1v) is 7.72. The average Bonchev–Trinajstić information content (AvgIpc) is 3.36. The van der Waals surface area contributed by atoms with E-state index in [0.29, 0.717) is 22.2 Å². The molecule has 0 atom stereocenters. The number of hydrogen-bond donors (Lipinski definition) is 0. The molecule has 0 spiro atoms. The highest BCUT2D eigenvalue weighted by atomic mass is 19.4. The molecule has 0 fully saturated rings. The summed E-state index contributed by atoms with van der Waals surface area (Å²) in [4.78, 5) is 19.4. The van der Waals surface area contributed by atoms with Gasteiger partial charge < -0.3 is 9.25 Å². The van der Waals surface area contributed by atoms with Crippen LogP contribution in [0.25, 0.3) is 22.2 Å². The van der Waals surface area contributed by atoms with Gasteiger partial charge in [-0.3, -0.25) is 4.68 Å². The van der Waals surface area contributed by atoms with Gasteiger partial charge in [0.2, 0.25) is 0 Å². The van der Waals surface area contributed by atoms with Crippen molar-refractivity contribution in [2.45, 2.75) is 12.7 Å². The van der Waals surface area contributed by atoms with Gasteiger partial charge in [0.25, 0.3) is 0 Å². The molecule has 0 N–H and O–H groups in total. The van der Waals surface area contributed by atoms with Crippen molar-refractivity contribution in [3.8, 4) is 11.1 Å². The van der Waals surface area contributed by atoms with Gasteiger partial charge in [-0.05, 0) is 29.8 Å². The summed E-state index contributed by atoms with van der Waals surface area (Å²) in [7, 11) is 0. The Kier molecular flexibility index (Phi) is 3.94. The van der Waals surface area contributed by atoms with Gasteiger partial charge in [-0.2, -0.15) is 23.0 Å². The number of furan rings is 1. The van der Waals surface area contributed by atoms with Crippen LogP contribution in [0.15, 0.2) is 59.7 Å². The number of aromatic nitrogens is 4. The fourth-order valence-electron chi connectivity index (χ4n) is 2.63. The van der Waals surface area contributed by atoms with E-state index in [1.54, 1.807) is 35.5 Å². The second-order valence-corrected chi connectivity index (χ2v) is 5.62. The van der Waals surface area contributed by atoms with Crippen LogP contribution in [0.4, 0.5) is 13.2 Å². The lowest BCUT2D eigenvalue weighted by Gasteiger charge is -2.08. The van der Waals surface area contributed by atoms with Crippen LogP contribution in [0.5, 0.6) is 0 Å². The van der Waals surface area contributed by atoms with E-state index in [0.717, 1.165) is 11.3 Å². The van der Waals surface area contributed by atoms with Gasteiger partial charge in [0.15, 0.2) is 5.65 Å². The first-order chi connectivity index (χ1) is 12.9. The van der Waals surface area contributed by atoms with Crippen molar-refractivity contribution in [3.63, 3.8) is 0 Å². The third-order valence-electron chi connectivity index (χ3n) is 3.81. The quantitative estimate of drug-likeness (QED) is 0.547. The smallest absolute Gasteiger partial charge is 0.467 e. The lowest BCUT2D eigenvalue weighted by Crippen LogP contribution is -2.33. The highest BCUT2D eigenvalue weighted by Crippen LogP contribution is 2.28. The van der Waals surface area contributed by atoms with E-state index < -0.39 is 12.1 Å². The van der Waals surface area contributed by atoms with Gasteiger partial charge in [-0.1, -0.05) is 0 Å². The van der Waals surface area contributed by atoms with Gasteiger partial charge in [0.1, 0.15) is 5.76 Å². The van der Waals surface area contributed by atoms with Gasteiger partial charge >= 0.3 is 12.1 Å². The molecule has 0 amide bonds. The zero-order valence-electron chi connectivity index (χ0n) is 13.6. The summed E-state index contributed by atoms with van der Waals surface area (Å²) in [6.07, 6.45) is 2.49. The fourth-order valence-corrected chi connectivity index (χ4v) is 2.63. The Morgan fingerprint density at radius 1 is 1.26 bits per heavy atom. The largest absolute Gasteiger partial charge is 0.493 e. The van der Waals surface area contributed by atoms with Crippen molar-refractivity contribution in [1.29, 1.82) is 0 Å². The van der Waals surface area contributed by atoms with Crippen molar-refractivity contribution in [2.75, 3.05) is 0 Å². The van der Waals surface area contributed by atoms with Crippen LogP contribution in [-0.2, 0) is 11.3 Å². The molecule has 4 heterocycles. The van der Waals surface area contributed by atoms with Crippen molar-refractivity contribution < 1.29 is 27.2 Å². The predicted molar refractivity (Wildman–Crippen MR) is 86.4 cm³/mol. The number of halogens is 3. The molecule has 0 aliphatic rings. The minimum Gasteiger partial charge on any atom is -0.467 e. The number of rotatable bonds is 4. The predicted octanol–water partition coefficient (Wildman–Crippen LogP) is 3.06. The maximum absolute atomic E-state index is 12.4. The maximum atomic E-state index is 12.4. The van der Waals surface area contributed by atoms with Crippen molar-refractivity contribution in [3.05, 3.63) is 61.1 Å². The molecular weight excluding hydrogens is 365 g/mol. The van der Waals surface area contributed by atoms with Gasteiger partial charge in [0.05, 0.1) is 19.0 Å². The Bertz CT molecular complexity index is 1100. The molecule has 0 radical (unpaired) electrons. The second-order valence-electron chi connectivity index (χ2n) is 5.62. The summed E-state index contributed by atoms with van der Waals surface area (Å²) in [5.74, 6) is -1.59. The second kappa shape index (κ2) is 6.31. The summed E-state index contributed by atoms with van der Waals surface area (Å²) < 4.78 is 44.9. The third-order valence-corrected chi connectivity index (χ3v) is 3.81. The van der Waals surface area contributed by atoms with Crippen LogP contribution >= 0.6 is 0 Å². The van der Waals surface area contributed by atoms with Crippen molar-refractivity contribution in [1.82, 2.24) is 19.5 Å². The minimum absolute atomic E-state index is 0.0869. The molecule has 0 aliphatic carbocycles. The zero-order valence-corrected chi connectivity index (χ0v) is 13.6. The summed E-state index contributed by atoms with van der Waals surface area (Å²) in [6, 6.07) is 6.82. The van der Waals surface area contributed by atoms with Crippen LogP contribution < -0.4 is 4.84 Å². The fraction of sp³-hybridized carbons (Fsp3) is 0.118. The number of carbonyl (C=O) groups is 1. The highest BCUT2D eigenvalue weighted by molar-refractivity contribution is 5.93. The molecule has 0 aromatic carbocycles. The maximum Gasteiger partial charge on any atom is 0.493 e. The molecule has 0 saturated heterocycles. The Morgan fingerprint density at radius 2 is 2.11 bits per heavy atom. The van der Waals surface area contributed by atoms with E-state index in [-0.39, 0.29) is 5.65 Å². The first-order valence-electron chi connectivity index (χ1n) is 7.72. The first kappa shape index (κ1) is 16.9.